The van der Waals surface area contributed by atoms with Crippen LogP contribution in [0.1, 0.15) is 19.4 Å². The average molecular weight is 232 g/mol. The van der Waals surface area contributed by atoms with Crippen LogP contribution in [0.3, 0.4) is 0 Å². The summed E-state index contributed by atoms with van der Waals surface area (Å²) in [5, 5.41) is 10.2. The summed E-state index contributed by atoms with van der Waals surface area (Å²) in [6.45, 7) is 4.05. The van der Waals surface area contributed by atoms with Crippen molar-refractivity contribution in [1.82, 2.24) is 4.98 Å². The Bertz CT molecular complexity index is 590. The maximum atomic E-state index is 9.75. The van der Waals surface area contributed by atoms with Crippen molar-refractivity contribution in [2.24, 2.45) is 5.92 Å². The summed E-state index contributed by atoms with van der Waals surface area (Å²) >= 11 is 1.35. The highest BCUT2D eigenvalue weighted by Gasteiger charge is 2.07. The Morgan fingerprint density at radius 1 is 1.44 bits per heavy atom. The number of nitrogens with zero attached hydrogens (tertiary/aromatic N) is 1. The molecular weight excluding hydrogens is 220 g/mol. The second kappa shape index (κ2) is 4.03. The van der Waals surface area contributed by atoms with Crippen molar-refractivity contribution < 1.29 is 5.11 Å². The van der Waals surface area contributed by atoms with E-state index in [-0.39, 0.29) is 5.75 Å². The normalized spacial score (nSPS) is 10.4. The van der Waals surface area contributed by atoms with Crippen LogP contribution >= 0.6 is 11.3 Å². The number of thiazole rings is 1. The third-order valence-electron chi connectivity index (χ3n) is 2.00. The van der Waals surface area contributed by atoms with Gasteiger partial charge in [0, 0.05) is 11.5 Å². The van der Waals surface area contributed by atoms with Crippen molar-refractivity contribution in [3.63, 3.8) is 0 Å². The molecule has 0 bridgehead atoms. The van der Waals surface area contributed by atoms with Crippen molar-refractivity contribution in [3.05, 3.63) is 17.7 Å². The molecular formula is C12H12N2OS. The van der Waals surface area contributed by atoms with Crippen molar-refractivity contribution in [3.8, 4) is 17.6 Å². The predicted octanol–water partition coefficient (Wildman–Crippen LogP) is 2.59. The number of aromatic hydroxyl groups is 1. The highest BCUT2D eigenvalue weighted by atomic mass is 32.1. The summed E-state index contributed by atoms with van der Waals surface area (Å²) in [6, 6.07) is 3.52. The van der Waals surface area contributed by atoms with Crippen molar-refractivity contribution >= 4 is 26.7 Å². The molecule has 0 aliphatic carbocycles. The molecule has 0 saturated heterocycles. The van der Waals surface area contributed by atoms with E-state index in [2.05, 4.69) is 16.8 Å². The lowest BCUT2D eigenvalue weighted by atomic mass is 10.1. The van der Waals surface area contributed by atoms with Crippen LogP contribution in [0, 0.1) is 17.8 Å². The Balaban J connectivity index is 2.54. The minimum absolute atomic E-state index is 0.138. The number of fused-ring (bicyclic) bond motifs is 1. The number of benzene rings is 1. The molecule has 2 aromatic rings. The number of rotatable bonds is 0. The number of phenolic OH excluding ortho intramolecular Hbond substituents is 1. The van der Waals surface area contributed by atoms with Crippen LogP contribution in [-0.4, -0.2) is 10.1 Å². The fraction of sp³-hybridized carbons (Fsp3) is 0.250. The average Bonchev–Trinajstić information content (AvgIpc) is 2.56. The van der Waals surface area contributed by atoms with E-state index >= 15 is 0 Å². The first-order valence-electron chi connectivity index (χ1n) is 4.97. The topological polar surface area (TPSA) is 59.1 Å². The van der Waals surface area contributed by atoms with E-state index in [4.69, 9.17) is 5.73 Å². The lowest BCUT2D eigenvalue weighted by Gasteiger charge is -1.95. The van der Waals surface area contributed by atoms with Gasteiger partial charge in [0.05, 0.1) is 4.70 Å². The zero-order valence-corrected chi connectivity index (χ0v) is 9.93. The summed E-state index contributed by atoms with van der Waals surface area (Å²) in [7, 11) is 0. The molecule has 1 aromatic carbocycles. The zero-order chi connectivity index (χ0) is 11.7. The maximum Gasteiger partial charge on any atom is 0.181 e. The van der Waals surface area contributed by atoms with Crippen LogP contribution < -0.4 is 5.73 Å². The van der Waals surface area contributed by atoms with E-state index in [1.807, 2.05) is 19.9 Å². The van der Waals surface area contributed by atoms with Crippen LogP contribution in [0.5, 0.6) is 5.75 Å². The summed E-state index contributed by atoms with van der Waals surface area (Å²) in [5.41, 5.74) is 6.94. The molecule has 4 heteroatoms. The summed E-state index contributed by atoms with van der Waals surface area (Å²) in [5.74, 6) is 6.51. The van der Waals surface area contributed by atoms with E-state index < -0.39 is 0 Å². The largest absolute Gasteiger partial charge is 0.506 e. The van der Waals surface area contributed by atoms with Gasteiger partial charge in [-0.1, -0.05) is 37.0 Å². The molecule has 0 fully saturated rings. The number of aromatic nitrogens is 1. The Morgan fingerprint density at radius 2 is 2.19 bits per heavy atom. The van der Waals surface area contributed by atoms with Gasteiger partial charge in [-0.2, -0.15) is 0 Å². The Kier molecular flexibility index (Phi) is 2.71. The van der Waals surface area contributed by atoms with Gasteiger partial charge in [-0.15, -0.1) is 0 Å². The van der Waals surface area contributed by atoms with E-state index in [1.165, 1.54) is 11.3 Å². The van der Waals surface area contributed by atoms with Crippen LogP contribution in [-0.2, 0) is 0 Å². The van der Waals surface area contributed by atoms with Crippen molar-refractivity contribution in [2.75, 3.05) is 5.73 Å². The molecule has 3 nitrogen and oxygen atoms in total. The first kappa shape index (κ1) is 10.8. The summed E-state index contributed by atoms with van der Waals surface area (Å²) < 4.78 is 0.866. The minimum Gasteiger partial charge on any atom is -0.506 e. The summed E-state index contributed by atoms with van der Waals surface area (Å²) in [4.78, 5) is 4.05. The second-order valence-electron chi connectivity index (χ2n) is 3.82. The molecule has 2 rings (SSSR count). The van der Waals surface area contributed by atoms with Gasteiger partial charge in [0.25, 0.3) is 0 Å². The van der Waals surface area contributed by atoms with Gasteiger partial charge >= 0.3 is 0 Å². The van der Waals surface area contributed by atoms with Crippen LogP contribution in [0.2, 0.25) is 0 Å². The number of hydrogen-bond acceptors (Lipinski definition) is 4. The fourth-order valence-electron chi connectivity index (χ4n) is 1.33. The van der Waals surface area contributed by atoms with E-state index in [1.54, 1.807) is 6.07 Å². The van der Waals surface area contributed by atoms with Gasteiger partial charge in [0.1, 0.15) is 11.3 Å². The molecule has 16 heavy (non-hydrogen) atoms. The molecule has 0 spiro atoms. The standard InChI is InChI=1S/C12H12N2OS/c1-7(2)3-4-8-5-9(15)11-10(6-8)16-12(13)14-11/h5-7,15H,1-2H3,(H2,13,14). The van der Waals surface area contributed by atoms with Gasteiger partial charge in [-0.25, -0.2) is 4.98 Å². The number of phenols is 1. The second-order valence-corrected chi connectivity index (χ2v) is 4.88. The highest BCUT2D eigenvalue weighted by Crippen LogP contribution is 2.31. The van der Waals surface area contributed by atoms with E-state index in [0.29, 0.717) is 16.6 Å². The quantitative estimate of drug-likeness (QED) is 0.686. The summed E-state index contributed by atoms with van der Waals surface area (Å²) in [6.07, 6.45) is 0. The molecule has 0 radical (unpaired) electrons. The molecule has 0 aliphatic heterocycles. The van der Waals surface area contributed by atoms with Crippen molar-refractivity contribution in [2.45, 2.75) is 13.8 Å². The first-order valence-corrected chi connectivity index (χ1v) is 5.78. The molecule has 82 valence electrons. The van der Waals surface area contributed by atoms with Gasteiger partial charge < -0.3 is 10.8 Å². The minimum atomic E-state index is 0.138. The van der Waals surface area contributed by atoms with Crippen LogP contribution in [0.15, 0.2) is 12.1 Å². The lowest BCUT2D eigenvalue weighted by molar-refractivity contribution is 0.480. The molecule has 0 aliphatic rings. The number of nitrogens with two attached hydrogens (primary N) is 1. The van der Waals surface area contributed by atoms with Crippen LogP contribution in [0.4, 0.5) is 5.13 Å². The van der Waals surface area contributed by atoms with Gasteiger partial charge in [-0.05, 0) is 12.1 Å². The molecule has 0 amide bonds. The molecule has 0 unspecified atom stereocenters. The first-order chi connectivity index (χ1) is 7.56. The third-order valence-corrected chi connectivity index (χ3v) is 2.83. The predicted molar refractivity (Wildman–Crippen MR) is 67.4 cm³/mol. The van der Waals surface area contributed by atoms with Crippen LogP contribution in [0.25, 0.3) is 10.2 Å². The zero-order valence-electron chi connectivity index (χ0n) is 9.11. The third kappa shape index (κ3) is 2.10. The van der Waals surface area contributed by atoms with E-state index in [9.17, 15) is 5.11 Å². The molecule has 1 heterocycles. The Labute approximate surface area is 97.9 Å². The van der Waals surface area contributed by atoms with Gasteiger partial charge in [0.2, 0.25) is 0 Å². The Hall–Kier alpha value is -1.73. The molecule has 3 N–H and O–H groups in total. The monoisotopic (exact) mass is 232 g/mol. The highest BCUT2D eigenvalue weighted by molar-refractivity contribution is 7.22. The fourth-order valence-corrected chi connectivity index (χ4v) is 2.12. The number of anilines is 1. The van der Waals surface area contributed by atoms with Crippen molar-refractivity contribution in [1.29, 1.82) is 0 Å². The van der Waals surface area contributed by atoms with E-state index in [0.717, 1.165) is 10.3 Å². The SMILES string of the molecule is CC(C)C#Cc1cc(O)c2nc(N)sc2c1. The number of nitrogen functional groups attached to an aromatic ring is 1. The number of hydrogen-bond donors (Lipinski definition) is 2. The van der Waals surface area contributed by atoms with Gasteiger partial charge in [0.15, 0.2) is 5.13 Å². The molecule has 1 aromatic heterocycles. The van der Waals surface area contributed by atoms with Gasteiger partial charge in [-0.3, -0.25) is 0 Å². The maximum absolute atomic E-state index is 9.75. The lowest BCUT2D eigenvalue weighted by Crippen LogP contribution is -1.81. The molecule has 0 saturated carbocycles. The smallest absolute Gasteiger partial charge is 0.181 e. The Morgan fingerprint density at radius 3 is 2.88 bits per heavy atom. The molecule has 0 atom stereocenters.